The minimum atomic E-state index is -0.0143. The number of aromatic hydroxyl groups is 1. The van der Waals surface area contributed by atoms with Gasteiger partial charge in [0.2, 0.25) is 5.91 Å². The van der Waals surface area contributed by atoms with Gasteiger partial charge in [0.25, 0.3) is 0 Å². The monoisotopic (exact) mass is 257 g/mol. The third kappa shape index (κ3) is 1.60. The molecule has 0 bridgehead atoms. The maximum atomic E-state index is 12.5. The van der Waals surface area contributed by atoms with Crippen LogP contribution < -0.4 is 5.32 Å². The number of fused-ring (bicyclic) bond motifs is 2. The number of carbonyl (C=O) groups is 1. The van der Waals surface area contributed by atoms with Crippen molar-refractivity contribution in [3.05, 3.63) is 29.3 Å². The van der Waals surface area contributed by atoms with Gasteiger partial charge in [-0.25, -0.2) is 0 Å². The summed E-state index contributed by atoms with van der Waals surface area (Å²) in [5.74, 6) is 1.21. The van der Waals surface area contributed by atoms with Gasteiger partial charge in [0.15, 0.2) is 0 Å². The Labute approximate surface area is 113 Å². The van der Waals surface area contributed by atoms with Gasteiger partial charge >= 0.3 is 0 Å². The first-order valence-electron chi connectivity index (χ1n) is 7.32. The summed E-state index contributed by atoms with van der Waals surface area (Å²) in [7, 11) is 0. The second-order valence-electron chi connectivity index (χ2n) is 6.40. The first kappa shape index (κ1) is 11.3. The molecule has 1 amide bonds. The van der Waals surface area contributed by atoms with Crippen molar-refractivity contribution in [1.29, 1.82) is 0 Å². The van der Waals surface area contributed by atoms with Crippen molar-refractivity contribution in [3.63, 3.8) is 0 Å². The molecule has 0 aromatic heterocycles. The van der Waals surface area contributed by atoms with Crippen molar-refractivity contribution in [2.75, 3.05) is 0 Å². The van der Waals surface area contributed by atoms with Crippen LogP contribution in [-0.2, 0) is 11.2 Å². The van der Waals surface area contributed by atoms with Gasteiger partial charge in [-0.05, 0) is 61.3 Å². The molecule has 2 saturated carbocycles. The van der Waals surface area contributed by atoms with E-state index in [1.54, 1.807) is 6.07 Å². The highest BCUT2D eigenvalue weighted by Gasteiger charge is 2.62. The molecule has 100 valence electrons. The molecule has 3 nitrogen and oxygen atoms in total. The Morgan fingerprint density at radius 3 is 3.00 bits per heavy atom. The van der Waals surface area contributed by atoms with E-state index < -0.39 is 0 Å². The predicted molar refractivity (Wildman–Crippen MR) is 71.7 cm³/mol. The molecule has 3 atom stereocenters. The number of phenols is 1. The number of carbonyl (C=O) groups excluding carboxylic acids is 1. The minimum Gasteiger partial charge on any atom is -0.508 e. The zero-order chi connectivity index (χ0) is 13.0. The van der Waals surface area contributed by atoms with Crippen molar-refractivity contribution in [3.8, 4) is 5.75 Å². The summed E-state index contributed by atoms with van der Waals surface area (Å²) in [5, 5.41) is 12.8. The summed E-state index contributed by atoms with van der Waals surface area (Å²) in [6.45, 7) is 0. The number of rotatable bonds is 2. The number of benzene rings is 1. The van der Waals surface area contributed by atoms with E-state index in [4.69, 9.17) is 0 Å². The summed E-state index contributed by atoms with van der Waals surface area (Å²) >= 11 is 0. The Hall–Kier alpha value is -1.51. The molecule has 3 heteroatoms. The molecule has 3 aliphatic carbocycles. The van der Waals surface area contributed by atoms with Crippen LogP contribution in [0.1, 0.15) is 49.3 Å². The second-order valence-corrected chi connectivity index (χ2v) is 6.40. The van der Waals surface area contributed by atoms with Gasteiger partial charge in [0.1, 0.15) is 5.75 Å². The van der Waals surface area contributed by atoms with Crippen LogP contribution in [0.25, 0.3) is 0 Å². The van der Waals surface area contributed by atoms with E-state index in [9.17, 15) is 9.90 Å². The second kappa shape index (κ2) is 3.75. The van der Waals surface area contributed by atoms with Crippen LogP contribution in [0, 0.1) is 11.3 Å². The number of hydrogen-bond acceptors (Lipinski definition) is 2. The topological polar surface area (TPSA) is 49.3 Å². The fourth-order valence-electron chi connectivity index (χ4n) is 4.16. The van der Waals surface area contributed by atoms with E-state index in [-0.39, 0.29) is 17.4 Å². The van der Waals surface area contributed by atoms with E-state index >= 15 is 0 Å². The van der Waals surface area contributed by atoms with Crippen LogP contribution in [0.3, 0.4) is 0 Å². The van der Waals surface area contributed by atoms with Crippen LogP contribution in [0.4, 0.5) is 0 Å². The lowest BCUT2D eigenvalue weighted by atomic mass is 10.0. The summed E-state index contributed by atoms with van der Waals surface area (Å²) in [6.07, 6.45) is 6.57. The summed E-state index contributed by atoms with van der Waals surface area (Å²) in [6, 6.07) is 5.62. The van der Waals surface area contributed by atoms with E-state index in [1.165, 1.54) is 18.4 Å². The molecule has 19 heavy (non-hydrogen) atoms. The fraction of sp³-hybridized carbons (Fsp3) is 0.562. The molecule has 2 N–H and O–H groups in total. The first-order chi connectivity index (χ1) is 9.19. The Balaban J connectivity index is 1.53. The van der Waals surface area contributed by atoms with Crippen LogP contribution in [-0.4, -0.2) is 11.0 Å². The van der Waals surface area contributed by atoms with E-state index in [0.717, 1.165) is 31.2 Å². The normalized spacial score (nSPS) is 34.7. The molecule has 1 aromatic rings. The van der Waals surface area contributed by atoms with Crippen LogP contribution in [0.15, 0.2) is 18.2 Å². The smallest absolute Gasteiger partial charge is 0.226 e. The molecule has 2 fully saturated rings. The molecule has 3 aliphatic rings. The van der Waals surface area contributed by atoms with Crippen molar-refractivity contribution < 1.29 is 9.90 Å². The van der Waals surface area contributed by atoms with E-state index in [2.05, 4.69) is 5.32 Å². The predicted octanol–water partition coefficient (Wildman–Crippen LogP) is 2.69. The summed E-state index contributed by atoms with van der Waals surface area (Å²) in [5.41, 5.74) is 2.36. The molecule has 0 aliphatic heterocycles. The highest BCUT2D eigenvalue weighted by atomic mass is 16.3. The third-order valence-electron chi connectivity index (χ3n) is 5.37. The van der Waals surface area contributed by atoms with Crippen molar-refractivity contribution >= 4 is 5.91 Å². The lowest BCUT2D eigenvalue weighted by Crippen LogP contribution is -2.34. The molecule has 0 saturated heterocycles. The quantitative estimate of drug-likeness (QED) is 0.855. The van der Waals surface area contributed by atoms with Gasteiger partial charge in [0, 0.05) is 0 Å². The van der Waals surface area contributed by atoms with E-state index in [1.807, 2.05) is 12.1 Å². The number of hydrogen-bond donors (Lipinski definition) is 2. The summed E-state index contributed by atoms with van der Waals surface area (Å²) < 4.78 is 0. The first-order valence-corrected chi connectivity index (χ1v) is 7.32. The van der Waals surface area contributed by atoms with Gasteiger partial charge in [-0.15, -0.1) is 0 Å². The summed E-state index contributed by atoms with van der Waals surface area (Å²) in [4.78, 5) is 12.5. The zero-order valence-electron chi connectivity index (χ0n) is 11.0. The number of amides is 1. The number of nitrogens with one attached hydrogen (secondary N) is 1. The van der Waals surface area contributed by atoms with Crippen LogP contribution in [0.5, 0.6) is 5.75 Å². The van der Waals surface area contributed by atoms with Crippen LogP contribution in [0.2, 0.25) is 0 Å². The van der Waals surface area contributed by atoms with Gasteiger partial charge < -0.3 is 10.4 Å². The maximum absolute atomic E-state index is 12.5. The number of phenolic OH excluding ortho intramolecular Hbond substituents is 1. The molecule has 1 unspecified atom stereocenters. The molecule has 1 aromatic carbocycles. The lowest BCUT2D eigenvalue weighted by Gasteiger charge is -2.18. The van der Waals surface area contributed by atoms with Gasteiger partial charge in [0.05, 0.1) is 11.5 Å². The lowest BCUT2D eigenvalue weighted by molar-refractivity contribution is -0.127. The molecular formula is C16H19NO2. The molecule has 0 radical (unpaired) electrons. The van der Waals surface area contributed by atoms with Gasteiger partial charge in [-0.3, -0.25) is 4.79 Å². The highest BCUT2D eigenvalue weighted by molar-refractivity contribution is 5.86. The SMILES string of the molecule is O=C(NC1CCc2ccc(O)cc21)[C@@]12CCC[C@@H]1C2. The molecule has 0 spiro atoms. The minimum absolute atomic E-state index is 0.0143. The molecule has 0 heterocycles. The van der Waals surface area contributed by atoms with E-state index in [0.29, 0.717) is 11.7 Å². The Morgan fingerprint density at radius 1 is 1.37 bits per heavy atom. The highest BCUT2D eigenvalue weighted by Crippen LogP contribution is 2.63. The van der Waals surface area contributed by atoms with Crippen LogP contribution >= 0.6 is 0 Å². The zero-order valence-corrected chi connectivity index (χ0v) is 11.0. The largest absolute Gasteiger partial charge is 0.508 e. The number of aryl methyl sites for hydroxylation is 1. The Kier molecular flexibility index (Phi) is 2.23. The standard InChI is InChI=1S/C16H19NO2/c18-12-5-3-10-4-6-14(13(10)8-12)17-15(19)16-7-1-2-11(16)9-16/h3,5,8,11,14,18H,1-2,4,6-7,9H2,(H,17,19)/t11-,14?,16-/m1/s1. The fourth-order valence-corrected chi connectivity index (χ4v) is 4.16. The maximum Gasteiger partial charge on any atom is 0.226 e. The van der Waals surface area contributed by atoms with Crippen molar-refractivity contribution in [1.82, 2.24) is 5.32 Å². The molecule has 4 rings (SSSR count). The Bertz CT molecular complexity index is 554. The average Bonchev–Trinajstić information content (AvgIpc) is 2.78. The third-order valence-corrected chi connectivity index (χ3v) is 5.37. The molecular weight excluding hydrogens is 238 g/mol. The van der Waals surface area contributed by atoms with Gasteiger partial charge in [-0.1, -0.05) is 12.5 Å². The Morgan fingerprint density at radius 2 is 2.26 bits per heavy atom. The van der Waals surface area contributed by atoms with Crippen molar-refractivity contribution in [2.45, 2.75) is 44.6 Å². The van der Waals surface area contributed by atoms with Crippen molar-refractivity contribution in [2.24, 2.45) is 11.3 Å². The average molecular weight is 257 g/mol. The van der Waals surface area contributed by atoms with Gasteiger partial charge in [-0.2, -0.15) is 0 Å².